The van der Waals surface area contributed by atoms with Gasteiger partial charge in [0.2, 0.25) is 0 Å². The Morgan fingerprint density at radius 3 is 2.45 bits per heavy atom. The zero-order valence-corrected chi connectivity index (χ0v) is 7.30. The quantitative estimate of drug-likeness (QED) is 0.667. The molecule has 11 heavy (non-hydrogen) atoms. The summed E-state index contributed by atoms with van der Waals surface area (Å²) in [5.41, 5.74) is 0. The molecule has 1 saturated carbocycles. The highest BCUT2D eigenvalue weighted by atomic mass is 14.9. The number of rotatable bonds is 3. The lowest BCUT2D eigenvalue weighted by Crippen LogP contribution is -2.41. The van der Waals surface area contributed by atoms with Crippen LogP contribution >= 0.6 is 0 Å². The van der Waals surface area contributed by atoms with Gasteiger partial charge in [0, 0.05) is 6.04 Å². The van der Waals surface area contributed by atoms with Gasteiger partial charge in [0.25, 0.3) is 0 Å². The highest BCUT2D eigenvalue weighted by Gasteiger charge is 2.24. The molecule has 62 valence electrons. The normalized spacial score (nSPS) is 23.4. The molecule has 0 radical (unpaired) electrons. The fourth-order valence-corrected chi connectivity index (χ4v) is 1.51. The van der Waals surface area contributed by atoms with Crippen LogP contribution in [0.15, 0.2) is 0 Å². The molecule has 1 aliphatic carbocycles. The molecule has 1 N–H and O–H groups in total. The number of hydrogen-bond donors (Lipinski definition) is 1. The minimum Gasteiger partial charge on any atom is -0.299 e. The molecule has 1 fully saturated rings. The first-order chi connectivity index (χ1) is 5.24. The van der Waals surface area contributed by atoms with Gasteiger partial charge in [0.05, 0.1) is 12.1 Å². The molecule has 2 nitrogen and oxygen atoms in total. The fraction of sp³-hybridized carbons (Fsp3) is 0.889. The summed E-state index contributed by atoms with van der Waals surface area (Å²) < 4.78 is 0. The van der Waals surface area contributed by atoms with Gasteiger partial charge in [-0.15, -0.1) is 0 Å². The lowest BCUT2D eigenvalue weighted by Gasteiger charge is -2.32. The summed E-state index contributed by atoms with van der Waals surface area (Å²) in [6.45, 7) is 4.09. The van der Waals surface area contributed by atoms with E-state index < -0.39 is 0 Å². The highest BCUT2D eigenvalue weighted by molar-refractivity contribution is 4.90. The van der Waals surface area contributed by atoms with Crippen LogP contribution in [0.25, 0.3) is 0 Å². The molecule has 0 aliphatic heterocycles. The van der Waals surface area contributed by atoms with Crippen LogP contribution in [0.4, 0.5) is 0 Å². The van der Waals surface area contributed by atoms with E-state index >= 15 is 0 Å². The molecule has 0 saturated heterocycles. The first-order valence-electron chi connectivity index (χ1n) is 4.39. The molecule has 0 amide bonds. The van der Waals surface area contributed by atoms with Crippen molar-refractivity contribution in [2.45, 2.75) is 45.2 Å². The van der Waals surface area contributed by atoms with Gasteiger partial charge in [-0.05, 0) is 32.6 Å². The second kappa shape index (κ2) is 3.73. The van der Waals surface area contributed by atoms with Crippen LogP contribution in [0.1, 0.15) is 33.1 Å². The maximum absolute atomic E-state index is 8.54. The van der Waals surface area contributed by atoms with Crippen LogP contribution in [-0.2, 0) is 0 Å². The summed E-state index contributed by atoms with van der Waals surface area (Å²) in [6, 6.07) is 2.72. The van der Waals surface area contributed by atoms with Gasteiger partial charge in [-0.1, -0.05) is 6.42 Å². The minimum atomic E-state index is 0.00519. The Morgan fingerprint density at radius 2 is 2.09 bits per heavy atom. The highest BCUT2D eigenvalue weighted by Crippen LogP contribution is 2.29. The van der Waals surface area contributed by atoms with Gasteiger partial charge in [-0.2, -0.15) is 5.26 Å². The Kier molecular flexibility index (Phi) is 2.90. The van der Waals surface area contributed by atoms with Crippen LogP contribution in [0.5, 0.6) is 0 Å². The molecule has 2 atom stereocenters. The van der Waals surface area contributed by atoms with E-state index in [1.807, 2.05) is 6.92 Å². The van der Waals surface area contributed by atoms with E-state index in [1.54, 1.807) is 0 Å². The molecular formula is C9H16N2. The van der Waals surface area contributed by atoms with Gasteiger partial charge < -0.3 is 0 Å². The third kappa shape index (κ3) is 2.20. The zero-order valence-electron chi connectivity index (χ0n) is 7.30. The third-order valence-electron chi connectivity index (χ3n) is 2.56. The Bertz CT molecular complexity index is 155. The number of nitrogens with one attached hydrogen (secondary N) is 1. The van der Waals surface area contributed by atoms with Crippen LogP contribution in [-0.4, -0.2) is 12.1 Å². The first kappa shape index (κ1) is 8.55. The maximum Gasteiger partial charge on any atom is 0.0926 e. The van der Waals surface area contributed by atoms with Crippen molar-refractivity contribution >= 4 is 0 Å². The first-order valence-corrected chi connectivity index (χ1v) is 4.39. The van der Waals surface area contributed by atoms with E-state index in [2.05, 4.69) is 18.3 Å². The number of nitriles is 1. The van der Waals surface area contributed by atoms with Gasteiger partial charge in [-0.3, -0.25) is 5.32 Å². The zero-order chi connectivity index (χ0) is 8.27. The average molecular weight is 152 g/mol. The second-order valence-electron chi connectivity index (χ2n) is 3.50. The smallest absolute Gasteiger partial charge is 0.0926 e. The molecule has 0 aromatic rings. The standard InChI is InChI=1S/C9H16N2/c1-7(6-10)11-8(2)9-4-3-5-9/h7-9,11H,3-5H2,1-2H3. The van der Waals surface area contributed by atoms with Crippen molar-refractivity contribution in [1.29, 1.82) is 5.26 Å². The molecule has 2 heteroatoms. The largest absolute Gasteiger partial charge is 0.299 e. The number of hydrogen-bond acceptors (Lipinski definition) is 2. The summed E-state index contributed by atoms with van der Waals surface area (Å²) in [4.78, 5) is 0. The lowest BCUT2D eigenvalue weighted by molar-refractivity contribution is 0.237. The lowest BCUT2D eigenvalue weighted by atomic mass is 9.80. The van der Waals surface area contributed by atoms with Crippen molar-refractivity contribution < 1.29 is 0 Å². The molecule has 0 aromatic carbocycles. The Morgan fingerprint density at radius 1 is 1.45 bits per heavy atom. The molecule has 2 unspecified atom stereocenters. The van der Waals surface area contributed by atoms with Crippen molar-refractivity contribution in [2.24, 2.45) is 5.92 Å². The van der Waals surface area contributed by atoms with E-state index in [0.717, 1.165) is 5.92 Å². The van der Waals surface area contributed by atoms with Crippen LogP contribution in [0.2, 0.25) is 0 Å². The van der Waals surface area contributed by atoms with Crippen molar-refractivity contribution in [3.63, 3.8) is 0 Å². The van der Waals surface area contributed by atoms with E-state index in [4.69, 9.17) is 5.26 Å². The monoisotopic (exact) mass is 152 g/mol. The summed E-state index contributed by atoms with van der Waals surface area (Å²) in [5, 5.41) is 11.8. The van der Waals surface area contributed by atoms with Crippen LogP contribution < -0.4 is 5.32 Å². The fourth-order valence-electron chi connectivity index (χ4n) is 1.51. The second-order valence-corrected chi connectivity index (χ2v) is 3.50. The molecule has 0 heterocycles. The maximum atomic E-state index is 8.54. The molecule has 0 bridgehead atoms. The topological polar surface area (TPSA) is 35.8 Å². The summed E-state index contributed by atoms with van der Waals surface area (Å²) in [6.07, 6.45) is 4.05. The van der Waals surface area contributed by atoms with E-state index in [0.29, 0.717) is 6.04 Å². The van der Waals surface area contributed by atoms with Gasteiger partial charge >= 0.3 is 0 Å². The minimum absolute atomic E-state index is 0.00519. The molecule has 0 spiro atoms. The Hall–Kier alpha value is -0.550. The van der Waals surface area contributed by atoms with E-state index in [-0.39, 0.29) is 6.04 Å². The molecule has 1 rings (SSSR count). The third-order valence-corrected chi connectivity index (χ3v) is 2.56. The SMILES string of the molecule is CC(C#N)NC(C)C1CCC1. The summed E-state index contributed by atoms with van der Waals surface area (Å²) in [7, 11) is 0. The Balaban J connectivity index is 2.20. The van der Waals surface area contributed by atoms with Gasteiger partial charge in [-0.25, -0.2) is 0 Å². The van der Waals surface area contributed by atoms with Gasteiger partial charge in [0.1, 0.15) is 0 Å². The molecule has 1 aliphatic rings. The predicted molar refractivity (Wildman–Crippen MR) is 45.0 cm³/mol. The van der Waals surface area contributed by atoms with Gasteiger partial charge in [0.15, 0.2) is 0 Å². The van der Waals surface area contributed by atoms with E-state index in [9.17, 15) is 0 Å². The van der Waals surface area contributed by atoms with Crippen molar-refractivity contribution in [2.75, 3.05) is 0 Å². The predicted octanol–water partition coefficient (Wildman–Crippen LogP) is 1.68. The molecular weight excluding hydrogens is 136 g/mol. The van der Waals surface area contributed by atoms with Crippen LogP contribution in [0, 0.1) is 17.2 Å². The average Bonchev–Trinajstić information content (AvgIpc) is 1.83. The summed E-state index contributed by atoms with van der Waals surface area (Å²) >= 11 is 0. The number of nitrogens with zero attached hydrogens (tertiary/aromatic N) is 1. The summed E-state index contributed by atoms with van der Waals surface area (Å²) in [5.74, 6) is 0.825. The van der Waals surface area contributed by atoms with E-state index in [1.165, 1.54) is 19.3 Å². The van der Waals surface area contributed by atoms with Crippen molar-refractivity contribution in [1.82, 2.24) is 5.32 Å². The molecule has 0 aromatic heterocycles. The Labute approximate surface area is 68.6 Å². The van der Waals surface area contributed by atoms with Crippen LogP contribution in [0.3, 0.4) is 0 Å². The van der Waals surface area contributed by atoms with Crippen molar-refractivity contribution in [3.8, 4) is 6.07 Å². The van der Waals surface area contributed by atoms with Crippen molar-refractivity contribution in [3.05, 3.63) is 0 Å².